The highest BCUT2D eigenvalue weighted by Crippen LogP contribution is 2.28. The summed E-state index contributed by atoms with van der Waals surface area (Å²) in [6.45, 7) is 1.07. The minimum absolute atomic E-state index is 0.0221. The van der Waals surface area contributed by atoms with Crippen LogP contribution < -0.4 is 10.1 Å². The third kappa shape index (κ3) is 4.35. The number of nitrogens with zero attached hydrogens (tertiary/aromatic N) is 1. The highest BCUT2D eigenvalue weighted by atomic mass is 35.5. The molecule has 2 amide bonds. The van der Waals surface area contributed by atoms with Gasteiger partial charge >= 0.3 is 0 Å². The van der Waals surface area contributed by atoms with Crippen molar-refractivity contribution in [2.24, 2.45) is 5.92 Å². The molecule has 0 bridgehead atoms. The number of hydrogen-bond donors (Lipinski definition) is 1. The van der Waals surface area contributed by atoms with E-state index < -0.39 is 0 Å². The Bertz CT molecular complexity index is 795. The van der Waals surface area contributed by atoms with Gasteiger partial charge in [0.25, 0.3) is 0 Å². The maximum Gasteiger partial charge on any atom is 0.229 e. The normalized spacial score (nSPS) is 16.6. The first-order valence-electron chi connectivity index (χ1n) is 8.53. The predicted molar refractivity (Wildman–Crippen MR) is 101 cm³/mol. The summed E-state index contributed by atoms with van der Waals surface area (Å²) < 4.78 is 5.10. The second-order valence-electron chi connectivity index (χ2n) is 6.31. The summed E-state index contributed by atoms with van der Waals surface area (Å²) in [4.78, 5) is 26.5. The van der Waals surface area contributed by atoms with E-state index in [1.165, 1.54) is 12.7 Å². The summed E-state index contributed by atoms with van der Waals surface area (Å²) in [6.07, 6.45) is 1.03. The zero-order valence-corrected chi connectivity index (χ0v) is 15.3. The van der Waals surface area contributed by atoms with Crippen molar-refractivity contribution in [2.45, 2.75) is 12.8 Å². The molecule has 5 nitrogen and oxygen atoms in total. The molecule has 2 aromatic rings. The first-order valence-corrected chi connectivity index (χ1v) is 8.90. The van der Waals surface area contributed by atoms with E-state index >= 15 is 0 Å². The van der Waals surface area contributed by atoms with Gasteiger partial charge < -0.3 is 15.0 Å². The quantitative estimate of drug-likeness (QED) is 0.845. The molecule has 0 aromatic heterocycles. The molecule has 1 fully saturated rings. The molecule has 0 spiro atoms. The molecular formula is C20H21ClN2O3. The van der Waals surface area contributed by atoms with E-state index in [0.29, 0.717) is 29.5 Å². The van der Waals surface area contributed by atoms with Crippen LogP contribution in [0.1, 0.15) is 12.0 Å². The molecule has 1 N–H and O–H groups in total. The average Bonchev–Trinajstić information content (AvgIpc) is 3.02. The minimum Gasteiger partial charge on any atom is -0.495 e. The van der Waals surface area contributed by atoms with Gasteiger partial charge in [-0.1, -0.05) is 41.9 Å². The number of likely N-dealkylation sites (tertiary alicyclic amines) is 1. The molecule has 1 aliphatic rings. The number of halogens is 1. The van der Waals surface area contributed by atoms with Crippen LogP contribution in [0.5, 0.6) is 5.75 Å². The Morgan fingerprint density at radius 1 is 1.27 bits per heavy atom. The van der Waals surface area contributed by atoms with Crippen molar-refractivity contribution in [3.8, 4) is 5.75 Å². The summed E-state index contributed by atoms with van der Waals surface area (Å²) in [5.41, 5.74) is 1.78. The molecule has 0 saturated carbocycles. The Balaban J connectivity index is 1.55. The van der Waals surface area contributed by atoms with E-state index in [2.05, 4.69) is 5.32 Å². The molecule has 136 valence electrons. The molecule has 1 saturated heterocycles. The van der Waals surface area contributed by atoms with Gasteiger partial charge in [-0.25, -0.2) is 0 Å². The second-order valence-corrected chi connectivity index (χ2v) is 6.72. The van der Waals surface area contributed by atoms with Crippen molar-refractivity contribution in [3.63, 3.8) is 0 Å². The number of nitrogens with one attached hydrogen (secondary N) is 1. The van der Waals surface area contributed by atoms with Crippen LogP contribution in [0, 0.1) is 5.92 Å². The van der Waals surface area contributed by atoms with Crippen molar-refractivity contribution >= 4 is 29.1 Å². The largest absolute Gasteiger partial charge is 0.495 e. The molecule has 0 radical (unpaired) electrons. The fourth-order valence-electron chi connectivity index (χ4n) is 3.06. The lowest BCUT2D eigenvalue weighted by atomic mass is 10.1. The lowest BCUT2D eigenvalue weighted by Crippen LogP contribution is -2.30. The maximum atomic E-state index is 12.5. The number of ether oxygens (including phenoxy) is 1. The monoisotopic (exact) mass is 372 g/mol. The molecule has 6 heteroatoms. The van der Waals surface area contributed by atoms with E-state index in [4.69, 9.17) is 16.3 Å². The fraction of sp³-hybridized carbons (Fsp3) is 0.300. The Kier molecular flexibility index (Phi) is 5.78. The van der Waals surface area contributed by atoms with Crippen molar-refractivity contribution in [1.29, 1.82) is 0 Å². The van der Waals surface area contributed by atoms with Crippen LogP contribution in [0.3, 0.4) is 0 Å². The molecule has 1 heterocycles. The fourth-order valence-corrected chi connectivity index (χ4v) is 3.32. The number of methoxy groups -OCH3 is 1. The summed E-state index contributed by atoms with van der Waals surface area (Å²) in [6, 6.07) is 15.1. The van der Waals surface area contributed by atoms with Crippen LogP contribution in [-0.2, 0) is 16.0 Å². The van der Waals surface area contributed by atoms with Gasteiger partial charge in [-0.2, -0.15) is 0 Å². The van der Waals surface area contributed by atoms with Crippen LogP contribution in [0.25, 0.3) is 0 Å². The topological polar surface area (TPSA) is 58.6 Å². The molecule has 2 aromatic carbocycles. The van der Waals surface area contributed by atoms with E-state index in [9.17, 15) is 9.59 Å². The SMILES string of the molecule is COc1ccc(NC(=O)[C@H]2CC(=O)N(CCc3ccccc3)C2)cc1Cl. The first kappa shape index (κ1) is 18.3. The lowest BCUT2D eigenvalue weighted by Gasteiger charge is -2.16. The molecule has 26 heavy (non-hydrogen) atoms. The van der Waals surface area contributed by atoms with Crippen molar-refractivity contribution in [3.05, 3.63) is 59.1 Å². The zero-order chi connectivity index (χ0) is 18.5. The van der Waals surface area contributed by atoms with Gasteiger partial charge in [0, 0.05) is 25.2 Å². The molecule has 0 unspecified atom stereocenters. The Hall–Kier alpha value is -2.53. The van der Waals surface area contributed by atoms with Crippen molar-refractivity contribution in [2.75, 3.05) is 25.5 Å². The van der Waals surface area contributed by atoms with Gasteiger partial charge in [0.05, 0.1) is 18.1 Å². The van der Waals surface area contributed by atoms with E-state index in [0.717, 1.165) is 6.42 Å². The molecule has 3 rings (SSSR count). The number of rotatable bonds is 6. The van der Waals surface area contributed by atoms with Crippen LogP contribution in [-0.4, -0.2) is 36.9 Å². The number of carbonyl (C=O) groups excluding carboxylic acids is 2. The number of carbonyl (C=O) groups is 2. The standard InChI is InChI=1S/C20H21ClN2O3/c1-26-18-8-7-16(12-17(18)21)22-20(25)15-11-19(24)23(13-15)10-9-14-5-3-2-4-6-14/h2-8,12,15H,9-11,13H2,1H3,(H,22,25)/t15-/m0/s1. The average molecular weight is 373 g/mol. The third-order valence-corrected chi connectivity index (χ3v) is 4.81. The molecule has 1 aliphatic heterocycles. The van der Waals surface area contributed by atoms with E-state index in [-0.39, 0.29) is 24.2 Å². The summed E-state index contributed by atoms with van der Waals surface area (Å²) in [7, 11) is 1.54. The summed E-state index contributed by atoms with van der Waals surface area (Å²) in [5.74, 6) is 0.0580. The molecule has 1 atom stereocenters. The third-order valence-electron chi connectivity index (χ3n) is 4.52. The summed E-state index contributed by atoms with van der Waals surface area (Å²) >= 11 is 6.08. The smallest absolute Gasteiger partial charge is 0.229 e. The van der Waals surface area contributed by atoms with Crippen LogP contribution >= 0.6 is 11.6 Å². The van der Waals surface area contributed by atoms with Gasteiger partial charge in [-0.3, -0.25) is 9.59 Å². The second kappa shape index (κ2) is 8.23. The van der Waals surface area contributed by atoms with Gasteiger partial charge in [-0.15, -0.1) is 0 Å². The molecule has 0 aliphatic carbocycles. The van der Waals surface area contributed by atoms with Crippen LogP contribution in [0.4, 0.5) is 5.69 Å². The Morgan fingerprint density at radius 3 is 2.73 bits per heavy atom. The van der Waals surface area contributed by atoms with Crippen molar-refractivity contribution < 1.29 is 14.3 Å². The van der Waals surface area contributed by atoms with Gasteiger partial charge in [0.1, 0.15) is 5.75 Å². The molecular weight excluding hydrogens is 352 g/mol. The highest BCUT2D eigenvalue weighted by Gasteiger charge is 2.34. The highest BCUT2D eigenvalue weighted by molar-refractivity contribution is 6.32. The zero-order valence-electron chi connectivity index (χ0n) is 14.6. The van der Waals surface area contributed by atoms with Gasteiger partial charge in [0.2, 0.25) is 11.8 Å². The summed E-state index contributed by atoms with van der Waals surface area (Å²) in [5, 5.41) is 3.26. The lowest BCUT2D eigenvalue weighted by molar-refractivity contribution is -0.128. The van der Waals surface area contributed by atoms with Crippen LogP contribution in [0.2, 0.25) is 5.02 Å². The Morgan fingerprint density at radius 2 is 2.04 bits per heavy atom. The van der Waals surface area contributed by atoms with E-state index in [1.54, 1.807) is 23.1 Å². The number of benzene rings is 2. The number of hydrogen-bond acceptors (Lipinski definition) is 3. The number of amides is 2. The van der Waals surface area contributed by atoms with Crippen molar-refractivity contribution in [1.82, 2.24) is 4.90 Å². The van der Waals surface area contributed by atoms with E-state index in [1.807, 2.05) is 30.3 Å². The number of anilines is 1. The predicted octanol–water partition coefficient (Wildman–Crippen LogP) is 3.38. The first-order chi connectivity index (χ1) is 12.6. The minimum atomic E-state index is -0.348. The van der Waals surface area contributed by atoms with Gasteiger partial charge in [-0.05, 0) is 30.2 Å². The Labute approximate surface area is 157 Å². The van der Waals surface area contributed by atoms with Gasteiger partial charge in [0.15, 0.2) is 0 Å². The van der Waals surface area contributed by atoms with Crippen LogP contribution in [0.15, 0.2) is 48.5 Å². The maximum absolute atomic E-state index is 12.5.